The van der Waals surface area contributed by atoms with Crippen LogP contribution in [0, 0.1) is 27.7 Å². The van der Waals surface area contributed by atoms with Crippen LogP contribution < -0.4 is 0 Å². The van der Waals surface area contributed by atoms with E-state index in [2.05, 4.69) is 64.1 Å². The van der Waals surface area contributed by atoms with Crippen molar-refractivity contribution in [3.63, 3.8) is 0 Å². The van der Waals surface area contributed by atoms with Crippen molar-refractivity contribution in [1.82, 2.24) is 0 Å². The summed E-state index contributed by atoms with van der Waals surface area (Å²) in [6, 6.07) is 13.3. The number of rotatable bonds is 1. The first-order valence-corrected chi connectivity index (χ1v) is 5.73. The van der Waals surface area contributed by atoms with Gasteiger partial charge in [-0.3, -0.25) is 0 Å². The SMILES string of the molecule is C.Cc1ccc(-c2ccc(C)c(C)c2)cc1C. The molecule has 0 N–H and O–H groups in total. The molecule has 0 unspecified atom stereocenters. The van der Waals surface area contributed by atoms with Crippen molar-refractivity contribution in [3.8, 4) is 11.1 Å². The van der Waals surface area contributed by atoms with Gasteiger partial charge in [0, 0.05) is 0 Å². The van der Waals surface area contributed by atoms with Crippen LogP contribution in [0.5, 0.6) is 0 Å². The summed E-state index contributed by atoms with van der Waals surface area (Å²) in [5, 5.41) is 0. The molecule has 0 heteroatoms. The Labute approximate surface area is 105 Å². The lowest BCUT2D eigenvalue weighted by atomic mass is 9.98. The van der Waals surface area contributed by atoms with Gasteiger partial charge in [-0.25, -0.2) is 0 Å². The van der Waals surface area contributed by atoms with Crippen LogP contribution in [0.2, 0.25) is 0 Å². The average molecular weight is 226 g/mol. The summed E-state index contributed by atoms with van der Waals surface area (Å²) in [5.74, 6) is 0. The Morgan fingerprint density at radius 3 is 1.18 bits per heavy atom. The summed E-state index contributed by atoms with van der Waals surface area (Å²) < 4.78 is 0. The molecule has 17 heavy (non-hydrogen) atoms. The summed E-state index contributed by atoms with van der Waals surface area (Å²) in [5.41, 5.74) is 8.05. The predicted molar refractivity (Wildman–Crippen MR) is 77.6 cm³/mol. The number of hydrogen-bond donors (Lipinski definition) is 0. The molecule has 2 aromatic carbocycles. The molecule has 0 aromatic heterocycles. The van der Waals surface area contributed by atoms with E-state index in [9.17, 15) is 0 Å². The van der Waals surface area contributed by atoms with Gasteiger partial charge in [-0.15, -0.1) is 0 Å². The van der Waals surface area contributed by atoms with Crippen LogP contribution in [0.1, 0.15) is 29.7 Å². The maximum absolute atomic E-state index is 2.26. The van der Waals surface area contributed by atoms with Crippen LogP contribution in [-0.2, 0) is 0 Å². The van der Waals surface area contributed by atoms with E-state index in [1.807, 2.05) is 0 Å². The van der Waals surface area contributed by atoms with Gasteiger partial charge in [0.15, 0.2) is 0 Å². The summed E-state index contributed by atoms with van der Waals surface area (Å²) >= 11 is 0. The second kappa shape index (κ2) is 5.18. The van der Waals surface area contributed by atoms with Gasteiger partial charge in [0.05, 0.1) is 0 Å². The third kappa shape index (κ3) is 2.76. The zero-order valence-electron chi connectivity index (χ0n) is 10.5. The fraction of sp³-hybridized carbons (Fsp3) is 0.294. The molecule has 0 spiro atoms. The van der Waals surface area contributed by atoms with Gasteiger partial charge in [0.2, 0.25) is 0 Å². The van der Waals surface area contributed by atoms with E-state index >= 15 is 0 Å². The van der Waals surface area contributed by atoms with Gasteiger partial charge >= 0.3 is 0 Å². The fourth-order valence-corrected chi connectivity index (χ4v) is 1.84. The molecule has 0 aliphatic heterocycles. The van der Waals surface area contributed by atoms with Gasteiger partial charge in [-0.2, -0.15) is 0 Å². The standard InChI is InChI=1S/C16H18.CH4/c1-11-5-7-15(9-13(11)3)16-8-6-12(2)14(4)10-16;/h5-10H,1-4H3;1H4. The van der Waals surface area contributed by atoms with Gasteiger partial charge < -0.3 is 0 Å². The van der Waals surface area contributed by atoms with Crippen LogP contribution >= 0.6 is 0 Å². The molecule has 0 fully saturated rings. The zero-order valence-corrected chi connectivity index (χ0v) is 10.5. The molecule has 0 atom stereocenters. The first kappa shape index (κ1) is 13.5. The van der Waals surface area contributed by atoms with Crippen molar-refractivity contribution in [2.45, 2.75) is 35.1 Å². The van der Waals surface area contributed by atoms with E-state index in [1.165, 1.54) is 33.4 Å². The minimum Gasteiger partial charge on any atom is -0.0776 e. The third-order valence-corrected chi connectivity index (χ3v) is 3.35. The zero-order chi connectivity index (χ0) is 11.7. The molecule has 2 rings (SSSR count). The summed E-state index contributed by atoms with van der Waals surface area (Å²) in [4.78, 5) is 0. The highest BCUT2D eigenvalue weighted by molar-refractivity contribution is 5.66. The van der Waals surface area contributed by atoms with Crippen molar-refractivity contribution >= 4 is 0 Å². The molecular formula is C17H22. The molecule has 0 bridgehead atoms. The Morgan fingerprint density at radius 2 is 0.882 bits per heavy atom. The minimum absolute atomic E-state index is 0. The van der Waals surface area contributed by atoms with Crippen LogP contribution in [0.4, 0.5) is 0 Å². The third-order valence-electron chi connectivity index (χ3n) is 3.35. The Hall–Kier alpha value is -1.56. The van der Waals surface area contributed by atoms with Crippen molar-refractivity contribution in [1.29, 1.82) is 0 Å². The Balaban J connectivity index is 0.00000144. The Morgan fingerprint density at radius 1 is 0.529 bits per heavy atom. The topological polar surface area (TPSA) is 0 Å². The van der Waals surface area contributed by atoms with Crippen molar-refractivity contribution in [3.05, 3.63) is 58.7 Å². The summed E-state index contributed by atoms with van der Waals surface area (Å²) in [6.45, 7) is 8.64. The molecular weight excluding hydrogens is 204 g/mol. The molecule has 0 saturated carbocycles. The molecule has 0 aliphatic carbocycles. The molecule has 0 radical (unpaired) electrons. The number of aryl methyl sites for hydroxylation is 4. The first-order valence-electron chi connectivity index (χ1n) is 5.73. The van der Waals surface area contributed by atoms with E-state index in [4.69, 9.17) is 0 Å². The van der Waals surface area contributed by atoms with Crippen molar-refractivity contribution < 1.29 is 0 Å². The van der Waals surface area contributed by atoms with Gasteiger partial charge in [0.1, 0.15) is 0 Å². The largest absolute Gasteiger partial charge is 0.0776 e. The van der Waals surface area contributed by atoms with Gasteiger partial charge in [-0.1, -0.05) is 43.8 Å². The lowest BCUT2D eigenvalue weighted by Crippen LogP contribution is -1.86. The second-order valence-electron chi connectivity index (χ2n) is 4.60. The summed E-state index contributed by atoms with van der Waals surface area (Å²) in [7, 11) is 0. The van der Waals surface area contributed by atoms with Crippen LogP contribution in [-0.4, -0.2) is 0 Å². The highest BCUT2D eigenvalue weighted by Crippen LogP contribution is 2.24. The monoisotopic (exact) mass is 226 g/mol. The van der Waals surface area contributed by atoms with E-state index in [-0.39, 0.29) is 7.43 Å². The predicted octanol–water partition coefficient (Wildman–Crippen LogP) is 5.22. The Kier molecular flexibility index (Phi) is 4.11. The maximum Gasteiger partial charge on any atom is -0.0181 e. The van der Waals surface area contributed by atoms with Crippen LogP contribution in [0.15, 0.2) is 36.4 Å². The fourth-order valence-electron chi connectivity index (χ4n) is 1.84. The summed E-state index contributed by atoms with van der Waals surface area (Å²) in [6.07, 6.45) is 0. The maximum atomic E-state index is 2.26. The van der Waals surface area contributed by atoms with E-state index < -0.39 is 0 Å². The van der Waals surface area contributed by atoms with Gasteiger partial charge in [0.25, 0.3) is 0 Å². The average Bonchev–Trinajstić information content (AvgIpc) is 2.26. The molecule has 0 amide bonds. The molecule has 2 aromatic rings. The second-order valence-corrected chi connectivity index (χ2v) is 4.60. The van der Waals surface area contributed by atoms with Crippen molar-refractivity contribution in [2.24, 2.45) is 0 Å². The van der Waals surface area contributed by atoms with E-state index in [0.717, 1.165) is 0 Å². The lowest BCUT2D eigenvalue weighted by molar-refractivity contribution is 1.32. The lowest BCUT2D eigenvalue weighted by Gasteiger charge is -2.08. The minimum atomic E-state index is 0. The Bertz CT molecular complexity index is 472. The highest BCUT2D eigenvalue weighted by Gasteiger charge is 2.01. The molecule has 0 heterocycles. The van der Waals surface area contributed by atoms with E-state index in [1.54, 1.807) is 0 Å². The number of hydrogen-bond acceptors (Lipinski definition) is 0. The normalized spacial score (nSPS) is 9.88. The van der Waals surface area contributed by atoms with Crippen LogP contribution in [0.25, 0.3) is 11.1 Å². The van der Waals surface area contributed by atoms with Gasteiger partial charge in [-0.05, 0) is 61.1 Å². The smallest absolute Gasteiger partial charge is 0.0181 e. The molecule has 0 aliphatic rings. The van der Waals surface area contributed by atoms with Crippen molar-refractivity contribution in [2.75, 3.05) is 0 Å². The van der Waals surface area contributed by atoms with Crippen LogP contribution in [0.3, 0.4) is 0 Å². The van der Waals surface area contributed by atoms with E-state index in [0.29, 0.717) is 0 Å². The highest BCUT2D eigenvalue weighted by atomic mass is 14.1. The molecule has 90 valence electrons. The molecule has 0 saturated heterocycles. The first-order chi connectivity index (χ1) is 7.58. The quantitative estimate of drug-likeness (QED) is 0.625. The number of benzene rings is 2. The molecule has 0 nitrogen and oxygen atoms in total.